The van der Waals surface area contributed by atoms with Crippen molar-refractivity contribution in [1.82, 2.24) is 0 Å². The predicted molar refractivity (Wildman–Crippen MR) is 73.5 cm³/mol. The van der Waals surface area contributed by atoms with Crippen LogP contribution in [0.15, 0.2) is 12.1 Å². The maximum atomic E-state index is 13.8. The van der Waals surface area contributed by atoms with E-state index in [-0.39, 0.29) is 26.3 Å². The van der Waals surface area contributed by atoms with E-state index in [1.165, 1.54) is 38.2 Å². The Kier molecular flexibility index (Phi) is 6.35. The molecule has 1 aromatic carbocycles. The normalized spacial score (nSPS) is 27.1. The first kappa shape index (κ1) is 17.1. The minimum absolute atomic E-state index is 0. The molecule has 2 aliphatic rings. The van der Waals surface area contributed by atoms with Crippen LogP contribution >= 0.6 is 0 Å². The molecule has 1 heterocycles. The van der Waals surface area contributed by atoms with Crippen molar-refractivity contribution in [2.75, 3.05) is 6.61 Å². The number of benzene rings is 1. The third-order valence-corrected chi connectivity index (χ3v) is 4.85. The van der Waals surface area contributed by atoms with E-state index in [1.54, 1.807) is 6.07 Å². The van der Waals surface area contributed by atoms with E-state index in [0.717, 1.165) is 12.8 Å². The summed E-state index contributed by atoms with van der Waals surface area (Å²) < 4.78 is 33.0. The summed E-state index contributed by atoms with van der Waals surface area (Å²) >= 11 is 0. The fourth-order valence-electron chi connectivity index (χ4n) is 3.68. The molecule has 0 spiro atoms. The van der Waals surface area contributed by atoms with Gasteiger partial charge in [-0.15, -0.1) is 11.6 Å². The maximum absolute atomic E-state index is 13.8. The van der Waals surface area contributed by atoms with Gasteiger partial charge in [0.05, 0.1) is 12.7 Å². The van der Waals surface area contributed by atoms with Gasteiger partial charge >= 0.3 is 0 Å². The quantitative estimate of drug-likeness (QED) is 0.580. The molecular weight excluding hydrogens is 444 g/mol. The predicted octanol–water partition coefficient (Wildman–Crippen LogP) is 4.61. The van der Waals surface area contributed by atoms with Gasteiger partial charge in [0.25, 0.3) is 0 Å². The number of halogens is 2. The topological polar surface area (TPSA) is 9.23 Å². The van der Waals surface area contributed by atoms with Gasteiger partial charge in [-0.3, -0.25) is 4.39 Å². The van der Waals surface area contributed by atoms with Gasteiger partial charge in [-0.25, -0.2) is 4.39 Å². The molecule has 1 saturated carbocycles. The third kappa shape index (κ3) is 3.92. The zero-order valence-corrected chi connectivity index (χ0v) is 14.8. The average molecular weight is 466 g/mol. The van der Waals surface area contributed by atoms with E-state index < -0.39 is 11.6 Å². The molecule has 1 saturated heterocycles. The Morgan fingerprint density at radius 1 is 1.05 bits per heavy atom. The smallest absolute Gasteiger partial charge is 0.0603 e. The molecule has 1 nitrogen and oxygen atoms in total. The summed E-state index contributed by atoms with van der Waals surface area (Å²) in [6, 6.07) is 5.35. The Balaban J connectivity index is 0.00000161. The van der Waals surface area contributed by atoms with Crippen LogP contribution in [0, 0.1) is 23.6 Å². The van der Waals surface area contributed by atoms with Crippen LogP contribution in [0.2, 0.25) is 0 Å². The van der Waals surface area contributed by atoms with Crippen LogP contribution in [0.1, 0.15) is 56.4 Å². The zero-order chi connectivity index (χ0) is 13.9. The molecule has 1 aliphatic heterocycles. The molecule has 1 radical (unpaired) electrons. The Labute approximate surface area is 139 Å². The van der Waals surface area contributed by atoms with Gasteiger partial charge in [0.1, 0.15) is 0 Å². The van der Waals surface area contributed by atoms with Crippen molar-refractivity contribution >= 4 is 0 Å². The summed E-state index contributed by atoms with van der Waals surface area (Å²) in [4.78, 5) is 0. The van der Waals surface area contributed by atoms with Crippen molar-refractivity contribution in [3.8, 4) is 0 Å². The molecule has 1 aliphatic carbocycles. The molecule has 0 N–H and O–H groups in total. The molecule has 3 rings (SSSR count). The Morgan fingerprint density at radius 3 is 2.48 bits per heavy atom. The number of hydrogen-bond acceptors (Lipinski definition) is 1. The zero-order valence-electron chi connectivity index (χ0n) is 12.1. The largest absolute Gasteiger partial charge is 0.377 e. The second-order valence-corrected chi connectivity index (χ2v) is 6.11. The third-order valence-electron chi connectivity index (χ3n) is 4.85. The molecule has 2 fully saturated rings. The van der Waals surface area contributed by atoms with Gasteiger partial charge in [0.15, 0.2) is 0 Å². The van der Waals surface area contributed by atoms with Crippen LogP contribution in [0.4, 0.5) is 8.78 Å². The Hall–Kier alpha value is -0.298. The maximum Gasteiger partial charge on any atom is 0.0603 e. The van der Waals surface area contributed by atoms with E-state index in [1.807, 2.05) is 0 Å². The molecule has 0 bridgehead atoms. The van der Waals surface area contributed by atoms with Crippen molar-refractivity contribution in [2.45, 2.75) is 57.0 Å². The first-order valence-electron chi connectivity index (χ1n) is 7.73. The Morgan fingerprint density at radius 2 is 1.81 bits per heavy atom. The summed E-state index contributed by atoms with van der Waals surface area (Å²) in [5, 5.41) is 0. The molecule has 21 heavy (non-hydrogen) atoms. The van der Waals surface area contributed by atoms with Crippen molar-refractivity contribution in [1.29, 1.82) is 0 Å². The fraction of sp³-hybridized carbons (Fsp3) is 0.647. The molecule has 117 valence electrons. The van der Waals surface area contributed by atoms with Crippen LogP contribution in [0.5, 0.6) is 0 Å². The SMILES string of the molecule is Fc1[c-]ccc(C2CCC(C3CCCCC3)OC2)c1F.[Re]. The molecule has 1 aromatic rings. The number of rotatable bonds is 2. The summed E-state index contributed by atoms with van der Waals surface area (Å²) in [7, 11) is 0. The van der Waals surface area contributed by atoms with Gasteiger partial charge in [-0.1, -0.05) is 19.3 Å². The molecule has 2 unspecified atom stereocenters. The number of ether oxygens (including phenoxy) is 1. The van der Waals surface area contributed by atoms with Gasteiger partial charge in [0, 0.05) is 32.1 Å². The second kappa shape index (κ2) is 7.81. The van der Waals surface area contributed by atoms with Crippen LogP contribution in [0.3, 0.4) is 0 Å². The van der Waals surface area contributed by atoms with Gasteiger partial charge < -0.3 is 4.74 Å². The fourth-order valence-corrected chi connectivity index (χ4v) is 3.68. The van der Waals surface area contributed by atoms with Crippen LogP contribution in [-0.4, -0.2) is 12.7 Å². The second-order valence-electron chi connectivity index (χ2n) is 6.11. The van der Waals surface area contributed by atoms with Crippen molar-refractivity contribution in [2.24, 2.45) is 5.92 Å². The first-order valence-corrected chi connectivity index (χ1v) is 7.73. The first-order chi connectivity index (χ1) is 9.75. The van der Waals surface area contributed by atoms with Crippen molar-refractivity contribution in [3.05, 3.63) is 35.4 Å². The Bertz CT molecular complexity index is 452. The monoisotopic (exact) mass is 466 g/mol. The van der Waals surface area contributed by atoms with Gasteiger partial charge in [0.2, 0.25) is 0 Å². The van der Waals surface area contributed by atoms with E-state index in [2.05, 4.69) is 6.07 Å². The van der Waals surface area contributed by atoms with Crippen LogP contribution < -0.4 is 0 Å². The van der Waals surface area contributed by atoms with E-state index in [4.69, 9.17) is 4.74 Å². The van der Waals surface area contributed by atoms with Crippen molar-refractivity contribution in [3.63, 3.8) is 0 Å². The van der Waals surface area contributed by atoms with Crippen molar-refractivity contribution < 1.29 is 33.9 Å². The van der Waals surface area contributed by atoms with Gasteiger partial charge in [-0.2, -0.15) is 12.1 Å². The minimum Gasteiger partial charge on any atom is -0.377 e. The number of hydrogen-bond donors (Lipinski definition) is 0. The summed E-state index contributed by atoms with van der Waals surface area (Å²) in [5.41, 5.74) is 0.448. The van der Waals surface area contributed by atoms with Crippen LogP contribution in [-0.2, 0) is 25.2 Å². The molecule has 0 aromatic heterocycles. The van der Waals surface area contributed by atoms with E-state index >= 15 is 0 Å². The molecule has 2 atom stereocenters. The molecule has 0 amide bonds. The summed E-state index contributed by atoms with van der Waals surface area (Å²) in [6.45, 7) is 0.515. The van der Waals surface area contributed by atoms with E-state index in [9.17, 15) is 8.78 Å². The van der Waals surface area contributed by atoms with Crippen LogP contribution in [0.25, 0.3) is 0 Å². The van der Waals surface area contributed by atoms with E-state index in [0.29, 0.717) is 24.2 Å². The molecule has 4 heteroatoms. The average Bonchev–Trinajstić information content (AvgIpc) is 2.51. The summed E-state index contributed by atoms with van der Waals surface area (Å²) in [6.07, 6.45) is 8.67. The minimum atomic E-state index is -0.878. The summed E-state index contributed by atoms with van der Waals surface area (Å²) in [5.74, 6) is -0.969. The standard InChI is InChI=1S/C17H21F2O.Re/c18-15-8-4-7-14(17(15)19)13-9-10-16(20-11-13)12-5-2-1-3-6-12;/h4,7,12-13,16H,1-3,5-6,9-11H2;/q-1;. The van der Waals surface area contributed by atoms with Gasteiger partial charge in [-0.05, 0) is 37.5 Å². The molecular formula is C17H21F2ORe-.